The van der Waals surface area contributed by atoms with Crippen LogP contribution in [0.3, 0.4) is 0 Å². The van der Waals surface area contributed by atoms with Crippen molar-refractivity contribution in [1.29, 1.82) is 0 Å². The molecule has 5 nitrogen and oxygen atoms in total. The van der Waals surface area contributed by atoms with Gasteiger partial charge in [-0.15, -0.1) is 0 Å². The number of carbonyl (C=O) groups is 1. The van der Waals surface area contributed by atoms with Gasteiger partial charge in [0, 0.05) is 19.8 Å². The Hall–Kier alpha value is -1.75. The average molecular weight is 295 g/mol. The quantitative estimate of drug-likeness (QED) is 0.709. The maximum atomic E-state index is 11.9. The van der Waals surface area contributed by atoms with Crippen LogP contribution in [0.25, 0.3) is 0 Å². The second-order valence-corrected chi connectivity index (χ2v) is 4.71. The lowest BCUT2D eigenvalue weighted by Crippen LogP contribution is -2.27. The summed E-state index contributed by atoms with van der Waals surface area (Å²) in [5.74, 6) is 1.32. The SMILES string of the molecule is CCOCCCNC(=O)Cc1cc(OC)c(OC)cc1C. The fraction of sp³-hybridized carbons (Fsp3) is 0.562. The van der Waals surface area contributed by atoms with Crippen LogP contribution in [-0.2, 0) is 16.0 Å². The first-order valence-electron chi connectivity index (χ1n) is 7.18. The first-order valence-corrected chi connectivity index (χ1v) is 7.18. The van der Waals surface area contributed by atoms with Crippen LogP contribution in [-0.4, -0.2) is 39.9 Å². The molecule has 0 saturated heterocycles. The molecule has 118 valence electrons. The number of methoxy groups -OCH3 is 2. The molecule has 5 heteroatoms. The minimum absolute atomic E-state index is 0.00168. The predicted molar refractivity (Wildman–Crippen MR) is 82.1 cm³/mol. The second kappa shape index (κ2) is 9.23. The van der Waals surface area contributed by atoms with Gasteiger partial charge in [-0.05, 0) is 43.5 Å². The zero-order valence-electron chi connectivity index (χ0n) is 13.3. The van der Waals surface area contributed by atoms with Crippen molar-refractivity contribution in [2.75, 3.05) is 34.0 Å². The molecule has 0 saturated carbocycles. The molecule has 0 radical (unpaired) electrons. The van der Waals surface area contributed by atoms with Crippen LogP contribution >= 0.6 is 0 Å². The lowest BCUT2D eigenvalue weighted by Gasteiger charge is -2.13. The third kappa shape index (κ3) is 5.63. The van der Waals surface area contributed by atoms with E-state index in [1.54, 1.807) is 14.2 Å². The molecular weight excluding hydrogens is 270 g/mol. The Kier molecular flexibility index (Phi) is 7.61. The maximum Gasteiger partial charge on any atom is 0.224 e. The van der Waals surface area contributed by atoms with E-state index in [1.807, 2.05) is 26.0 Å². The number of nitrogens with one attached hydrogen (secondary N) is 1. The van der Waals surface area contributed by atoms with Crippen LogP contribution in [0.15, 0.2) is 12.1 Å². The van der Waals surface area contributed by atoms with E-state index in [0.29, 0.717) is 37.7 Å². The minimum atomic E-state index is 0.00168. The van der Waals surface area contributed by atoms with E-state index in [9.17, 15) is 4.79 Å². The van der Waals surface area contributed by atoms with Crippen molar-refractivity contribution >= 4 is 5.91 Å². The number of hydrogen-bond donors (Lipinski definition) is 1. The summed E-state index contributed by atoms with van der Waals surface area (Å²) in [5, 5.41) is 2.89. The normalized spacial score (nSPS) is 10.3. The Balaban J connectivity index is 2.55. The molecular formula is C16H25NO4. The molecule has 1 aromatic rings. The molecule has 0 unspecified atom stereocenters. The molecule has 0 spiro atoms. The number of carbonyl (C=O) groups excluding carboxylic acids is 1. The lowest BCUT2D eigenvalue weighted by atomic mass is 10.0. The number of ether oxygens (including phenoxy) is 3. The van der Waals surface area contributed by atoms with E-state index in [2.05, 4.69) is 5.32 Å². The van der Waals surface area contributed by atoms with Gasteiger partial charge in [0.1, 0.15) is 0 Å². The molecule has 0 aliphatic rings. The summed E-state index contributed by atoms with van der Waals surface area (Å²) in [4.78, 5) is 11.9. The van der Waals surface area contributed by atoms with E-state index in [4.69, 9.17) is 14.2 Å². The summed E-state index contributed by atoms with van der Waals surface area (Å²) in [7, 11) is 3.19. The first kappa shape index (κ1) is 17.3. The highest BCUT2D eigenvalue weighted by Crippen LogP contribution is 2.30. The standard InChI is InChI=1S/C16H25NO4/c1-5-21-8-6-7-17-16(18)11-13-10-15(20-4)14(19-3)9-12(13)2/h9-10H,5-8,11H2,1-4H3,(H,17,18). The van der Waals surface area contributed by atoms with Gasteiger partial charge in [-0.3, -0.25) is 4.79 Å². The molecule has 0 atom stereocenters. The van der Waals surface area contributed by atoms with Gasteiger partial charge < -0.3 is 19.5 Å². The fourth-order valence-corrected chi connectivity index (χ4v) is 2.00. The number of benzene rings is 1. The first-order chi connectivity index (χ1) is 10.1. The van der Waals surface area contributed by atoms with E-state index in [1.165, 1.54) is 0 Å². The molecule has 0 fully saturated rings. The van der Waals surface area contributed by atoms with Gasteiger partial charge in [-0.2, -0.15) is 0 Å². The number of rotatable bonds is 9. The Labute approximate surface area is 126 Å². The smallest absolute Gasteiger partial charge is 0.224 e. The third-order valence-electron chi connectivity index (χ3n) is 3.18. The topological polar surface area (TPSA) is 56.8 Å². The molecule has 1 amide bonds. The van der Waals surface area contributed by atoms with Crippen LogP contribution in [0.1, 0.15) is 24.5 Å². The van der Waals surface area contributed by atoms with E-state index in [0.717, 1.165) is 17.5 Å². The Morgan fingerprint density at radius 2 is 1.86 bits per heavy atom. The van der Waals surface area contributed by atoms with Crippen LogP contribution in [0, 0.1) is 6.92 Å². The lowest BCUT2D eigenvalue weighted by molar-refractivity contribution is -0.120. The van der Waals surface area contributed by atoms with Gasteiger partial charge in [0.2, 0.25) is 5.91 Å². The monoisotopic (exact) mass is 295 g/mol. The minimum Gasteiger partial charge on any atom is -0.493 e. The number of hydrogen-bond acceptors (Lipinski definition) is 4. The summed E-state index contributed by atoms with van der Waals surface area (Å²) in [5.41, 5.74) is 1.95. The highest BCUT2D eigenvalue weighted by molar-refractivity contribution is 5.79. The zero-order chi connectivity index (χ0) is 15.7. The fourth-order valence-electron chi connectivity index (χ4n) is 2.00. The number of aryl methyl sites for hydroxylation is 1. The summed E-state index contributed by atoms with van der Waals surface area (Å²) < 4.78 is 15.7. The number of amides is 1. The van der Waals surface area contributed by atoms with Crippen molar-refractivity contribution in [2.24, 2.45) is 0 Å². The Morgan fingerprint density at radius 3 is 2.48 bits per heavy atom. The Morgan fingerprint density at radius 1 is 1.19 bits per heavy atom. The Bertz CT molecular complexity index is 460. The summed E-state index contributed by atoms with van der Waals surface area (Å²) in [6, 6.07) is 3.74. The zero-order valence-corrected chi connectivity index (χ0v) is 13.3. The summed E-state index contributed by atoms with van der Waals surface area (Å²) in [6.45, 7) is 5.92. The van der Waals surface area contributed by atoms with Crippen molar-refractivity contribution in [3.63, 3.8) is 0 Å². The van der Waals surface area contributed by atoms with Crippen LogP contribution in [0.2, 0.25) is 0 Å². The highest BCUT2D eigenvalue weighted by atomic mass is 16.5. The van der Waals surface area contributed by atoms with Crippen molar-refractivity contribution in [2.45, 2.75) is 26.7 Å². The van der Waals surface area contributed by atoms with Gasteiger partial charge >= 0.3 is 0 Å². The molecule has 0 heterocycles. The molecule has 1 aromatic carbocycles. The molecule has 21 heavy (non-hydrogen) atoms. The van der Waals surface area contributed by atoms with Crippen LogP contribution < -0.4 is 14.8 Å². The average Bonchev–Trinajstić information content (AvgIpc) is 2.48. The van der Waals surface area contributed by atoms with E-state index >= 15 is 0 Å². The second-order valence-electron chi connectivity index (χ2n) is 4.71. The van der Waals surface area contributed by atoms with Crippen LogP contribution in [0.4, 0.5) is 0 Å². The molecule has 1 rings (SSSR count). The summed E-state index contributed by atoms with van der Waals surface area (Å²) >= 11 is 0. The molecule has 0 aliphatic carbocycles. The van der Waals surface area contributed by atoms with Gasteiger partial charge in [0.15, 0.2) is 11.5 Å². The third-order valence-corrected chi connectivity index (χ3v) is 3.18. The van der Waals surface area contributed by atoms with Crippen molar-refractivity contribution in [3.8, 4) is 11.5 Å². The van der Waals surface area contributed by atoms with Gasteiger partial charge in [0.25, 0.3) is 0 Å². The summed E-state index contributed by atoms with van der Waals surface area (Å²) in [6.07, 6.45) is 1.16. The van der Waals surface area contributed by atoms with Gasteiger partial charge in [-0.1, -0.05) is 0 Å². The predicted octanol–water partition coefficient (Wildman–Crippen LogP) is 2.10. The van der Waals surface area contributed by atoms with E-state index in [-0.39, 0.29) is 5.91 Å². The molecule has 1 N–H and O–H groups in total. The van der Waals surface area contributed by atoms with Gasteiger partial charge in [-0.25, -0.2) is 0 Å². The van der Waals surface area contributed by atoms with Gasteiger partial charge in [0.05, 0.1) is 20.6 Å². The maximum absolute atomic E-state index is 11.9. The van der Waals surface area contributed by atoms with Crippen molar-refractivity contribution < 1.29 is 19.0 Å². The molecule has 0 bridgehead atoms. The van der Waals surface area contributed by atoms with E-state index < -0.39 is 0 Å². The van der Waals surface area contributed by atoms with Crippen molar-refractivity contribution in [1.82, 2.24) is 5.32 Å². The largest absolute Gasteiger partial charge is 0.493 e. The molecule has 0 aliphatic heterocycles. The highest BCUT2D eigenvalue weighted by Gasteiger charge is 2.11. The molecule has 0 aromatic heterocycles. The van der Waals surface area contributed by atoms with Crippen LogP contribution in [0.5, 0.6) is 11.5 Å². The van der Waals surface area contributed by atoms with Crippen molar-refractivity contribution in [3.05, 3.63) is 23.3 Å².